The van der Waals surface area contributed by atoms with Gasteiger partial charge in [0, 0.05) is 4.47 Å². The third kappa shape index (κ3) is 8.17. The second kappa shape index (κ2) is 11.3. The first kappa shape index (κ1) is 23.4. The van der Waals surface area contributed by atoms with Gasteiger partial charge in [0.05, 0.1) is 9.50 Å². The molecule has 0 spiro atoms. The number of hydrazine groups is 1. The molecule has 154 valence electrons. The number of carbonyl (C=O) groups is 2. The molecule has 2 rings (SSSR count). The van der Waals surface area contributed by atoms with E-state index in [1.807, 2.05) is 19.1 Å². The summed E-state index contributed by atoms with van der Waals surface area (Å²) in [4.78, 5) is 23.7. The Balaban J connectivity index is 1.68. The summed E-state index contributed by atoms with van der Waals surface area (Å²) in [6.45, 7) is 1.40. The highest BCUT2D eigenvalue weighted by Gasteiger charge is 2.10. The molecule has 2 aromatic rings. The Kier molecular flexibility index (Phi) is 9.15. The van der Waals surface area contributed by atoms with Crippen molar-refractivity contribution in [3.63, 3.8) is 0 Å². The lowest BCUT2D eigenvalue weighted by Crippen LogP contribution is -2.50. The first-order chi connectivity index (χ1) is 13.7. The lowest BCUT2D eigenvalue weighted by Gasteiger charge is -2.12. The maximum Gasteiger partial charge on any atom is 0.276 e. The van der Waals surface area contributed by atoms with Crippen molar-refractivity contribution < 1.29 is 19.1 Å². The predicted octanol–water partition coefficient (Wildman–Crippen LogP) is 3.65. The minimum absolute atomic E-state index is 0.0865. The smallest absolute Gasteiger partial charge is 0.276 e. The third-order valence-electron chi connectivity index (χ3n) is 3.27. The zero-order valence-electron chi connectivity index (χ0n) is 15.1. The van der Waals surface area contributed by atoms with Crippen LogP contribution in [0.3, 0.4) is 0 Å². The summed E-state index contributed by atoms with van der Waals surface area (Å²) in [6, 6.07) is 10.5. The molecule has 0 fully saturated rings. The van der Waals surface area contributed by atoms with Crippen molar-refractivity contribution in [1.29, 1.82) is 0 Å². The zero-order valence-corrected chi connectivity index (χ0v) is 19.8. The lowest BCUT2D eigenvalue weighted by molar-refractivity contribution is -0.124. The number of carbonyl (C=O) groups excluding carboxylic acids is 2. The average Bonchev–Trinajstić information content (AvgIpc) is 2.65. The summed E-state index contributed by atoms with van der Waals surface area (Å²) in [7, 11) is 0. The average molecular weight is 566 g/mol. The van der Waals surface area contributed by atoms with Crippen molar-refractivity contribution in [1.82, 2.24) is 16.2 Å². The molecule has 0 radical (unpaired) electrons. The standard InChI is InChI=1S/C18H16Br2ClN3O4S/c1-10-2-4-14(12(20)6-10)27-8-16(25)22-18(29)24-23-17(26)9-28-15-5-3-11(19)7-13(15)21/h2-7H,8-9H2,1H3,(H,23,26)(H2,22,24,25,29). The fourth-order valence-corrected chi connectivity index (χ4v) is 3.46. The van der Waals surface area contributed by atoms with Crippen LogP contribution in [0.4, 0.5) is 0 Å². The normalized spacial score (nSPS) is 10.1. The third-order valence-corrected chi connectivity index (χ3v) is 4.88. The van der Waals surface area contributed by atoms with Crippen LogP contribution in [0, 0.1) is 6.92 Å². The second-order valence-corrected chi connectivity index (χ2v) is 8.22. The molecular formula is C18H16Br2ClN3O4S. The van der Waals surface area contributed by atoms with Gasteiger partial charge in [0.1, 0.15) is 11.5 Å². The van der Waals surface area contributed by atoms with Gasteiger partial charge in [-0.2, -0.15) is 0 Å². The monoisotopic (exact) mass is 563 g/mol. The summed E-state index contributed by atoms with van der Waals surface area (Å²) in [5.74, 6) is -0.107. The highest BCUT2D eigenvalue weighted by Crippen LogP contribution is 2.27. The molecule has 0 aliphatic carbocycles. The van der Waals surface area contributed by atoms with Gasteiger partial charge in [-0.15, -0.1) is 0 Å². The molecule has 2 amide bonds. The summed E-state index contributed by atoms with van der Waals surface area (Å²) in [5, 5.41) is 2.66. The zero-order chi connectivity index (χ0) is 21.4. The van der Waals surface area contributed by atoms with Crippen LogP contribution in [0.25, 0.3) is 0 Å². The Morgan fingerprint density at radius 2 is 1.66 bits per heavy atom. The minimum Gasteiger partial charge on any atom is -0.483 e. The lowest BCUT2D eigenvalue weighted by atomic mass is 10.2. The molecule has 0 saturated heterocycles. The van der Waals surface area contributed by atoms with Crippen molar-refractivity contribution in [3.8, 4) is 11.5 Å². The second-order valence-electron chi connectivity index (χ2n) is 5.64. The molecule has 2 aromatic carbocycles. The van der Waals surface area contributed by atoms with Crippen molar-refractivity contribution in [2.24, 2.45) is 0 Å². The molecule has 0 atom stereocenters. The number of aryl methyl sites for hydroxylation is 1. The summed E-state index contributed by atoms with van der Waals surface area (Å²) >= 11 is 17.6. The van der Waals surface area contributed by atoms with E-state index in [1.54, 1.807) is 24.3 Å². The van der Waals surface area contributed by atoms with E-state index >= 15 is 0 Å². The van der Waals surface area contributed by atoms with Gasteiger partial charge in [0.2, 0.25) is 0 Å². The van der Waals surface area contributed by atoms with Crippen LogP contribution in [-0.4, -0.2) is 30.1 Å². The highest BCUT2D eigenvalue weighted by molar-refractivity contribution is 9.10. The van der Waals surface area contributed by atoms with Gasteiger partial charge in [-0.3, -0.25) is 25.8 Å². The van der Waals surface area contributed by atoms with Crippen LogP contribution in [0.15, 0.2) is 45.3 Å². The molecule has 0 aliphatic heterocycles. The fourth-order valence-electron chi connectivity index (χ4n) is 1.96. The topological polar surface area (TPSA) is 88.7 Å². The summed E-state index contributed by atoms with van der Waals surface area (Å²) in [6.07, 6.45) is 0. The molecule has 7 nitrogen and oxygen atoms in total. The number of hydrogen-bond donors (Lipinski definition) is 3. The van der Waals surface area contributed by atoms with Gasteiger partial charge in [0.15, 0.2) is 18.3 Å². The van der Waals surface area contributed by atoms with Gasteiger partial charge in [-0.05, 0) is 71.0 Å². The van der Waals surface area contributed by atoms with Crippen molar-refractivity contribution >= 4 is 72.6 Å². The number of amides is 2. The van der Waals surface area contributed by atoms with Gasteiger partial charge in [-0.25, -0.2) is 0 Å². The fraction of sp³-hybridized carbons (Fsp3) is 0.167. The van der Waals surface area contributed by atoms with Gasteiger partial charge in [-0.1, -0.05) is 33.6 Å². The highest BCUT2D eigenvalue weighted by atomic mass is 79.9. The predicted molar refractivity (Wildman–Crippen MR) is 121 cm³/mol. The first-order valence-electron chi connectivity index (χ1n) is 8.10. The van der Waals surface area contributed by atoms with E-state index in [0.717, 1.165) is 14.5 Å². The molecule has 0 bridgehead atoms. The largest absolute Gasteiger partial charge is 0.483 e. The molecule has 0 unspecified atom stereocenters. The molecule has 0 aliphatic rings. The number of thiocarbonyl (C=S) groups is 1. The molecule has 0 saturated carbocycles. The van der Waals surface area contributed by atoms with E-state index < -0.39 is 11.8 Å². The van der Waals surface area contributed by atoms with Gasteiger partial charge < -0.3 is 9.47 Å². The molecule has 29 heavy (non-hydrogen) atoms. The van der Waals surface area contributed by atoms with E-state index in [4.69, 9.17) is 33.3 Å². The number of rotatable bonds is 6. The molecule has 0 aromatic heterocycles. The van der Waals surface area contributed by atoms with Crippen LogP contribution in [0.1, 0.15) is 5.56 Å². The quantitative estimate of drug-likeness (QED) is 0.366. The SMILES string of the molecule is Cc1ccc(OCC(=O)NC(=S)NNC(=O)COc2ccc(Br)cc2Cl)c(Br)c1. The Morgan fingerprint density at radius 1 is 1.00 bits per heavy atom. The number of hydrogen-bond acceptors (Lipinski definition) is 5. The van der Waals surface area contributed by atoms with E-state index in [0.29, 0.717) is 16.5 Å². The first-order valence-corrected chi connectivity index (χ1v) is 10.5. The Hall–Kier alpha value is -1.88. The maximum absolute atomic E-state index is 11.9. The molecule has 3 N–H and O–H groups in total. The number of ether oxygens (including phenoxy) is 2. The van der Waals surface area contributed by atoms with Crippen LogP contribution in [0.2, 0.25) is 5.02 Å². The van der Waals surface area contributed by atoms with E-state index in [9.17, 15) is 9.59 Å². The minimum atomic E-state index is -0.513. The van der Waals surface area contributed by atoms with Crippen LogP contribution < -0.4 is 25.6 Å². The van der Waals surface area contributed by atoms with Gasteiger partial charge >= 0.3 is 0 Å². The Morgan fingerprint density at radius 3 is 2.34 bits per heavy atom. The van der Waals surface area contributed by atoms with Crippen molar-refractivity contribution in [2.45, 2.75) is 6.92 Å². The van der Waals surface area contributed by atoms with Gasteiger partial charge in [0.25, 0.3) is 11.8 Å². The Labute approximate surface area is 194 Å². The summed E-state index contributed by atoms with van der Waals surface area (Å²) in [5.41, 5.74) is 5.77. The van der Waals surface area contributed by atoms with E-state index in [-0.39, 0.29) is 18.3 Å². The molecular weight excluding hydrogens is 550 g/mol. The van der Waals surface area contributed by atoms with E-state index in [2.05, 4.69) is 48.0 Å². The van der Waals surface area contributed by atoms with Crippen molar-refractivity contribution in [3.05, 3.63) is 55.9 Å². The van der Waals surface area contributed by atoms with Crippen molar-refractivity contribution in [2.75, 3.05) is 13.2 Å². The number of nitrogens with one attached hydrogen (secondary N) is 3. The number of benzene rings is 2. The molecule has 0 heterocycles. The summed E-state index contributed by atoms with van der Waals surface area (Å²) < 4.78 is 12.3. The van der Waals surface area contributed by atoms with Crippen LogP contribution in [-0.2, 0) is 9.59 Å². The Bertz CT molecular complexity index is 930. The maximum atomic E-state index is 11.9. The van der Waals surface area contributed by atoms with Crippen LogP contribution in [0.5, 0.6) is 11.5 Å². The number of halogens is 3. The van der Waals surface area contributed by atoms with E-state index in [1.165, 1.54) is 0 Å². The van der Waals surface area contributed by atoms with Crippen LogP contribution >= 0.6 is 55.7 Å². The molecule has 11 heteroatoms.